The number of carbonyl (C=O) groups is 1. The van der Waals surface area contributed by atoms with Gasteiger partial charge in [0.25, 0.3) is 0 Å². The second kappa shape index (κ2) is 3.96. The average Bonchev–Trinajstić information content (AvgIpc) is 2.36. The van der Waals surface area contributed by atoms with E-state index in [1.54, 1.807) is 0 Å². The highest BCUT2D eigenvalue weighted by atomic mass is 79.9. The van der Waals surface area contributed by atoms with E-state index in [0.29, 0.717) is 6.54 Å². The van der Waals surface area contributed by atoms with Crippen LogP contribution in [0.4, 0.5) is 0 Å². The predicted octanol–water partition coefficient (Wildman–Crippen LogP) is 1.00. The minimum atomic E-state index is -0.188. The van der Waals surface area contributed by atoms with Gasteiger partial charge in [0.05, 0.1) is 4.83 Å². The summed E-state index contributed by atoms with van der Waals surface area (Å²) < 4.78 is 0. The van der Waals surface area contributed by atoms with Crippen molar-refractivity contribution < 1.29 is 9.90 Å². The Morgan fingerprint density at radius 3 is 2.69 bits per heavy atom. The fourth-order valence-electron chi connectivity index (χ4n) is 1.42. The molecule has 0 spiro atoms. The molecule has 1 rings (SSSR count). The van der Waals surface area contributed by atoms with Crippen LogP contribution in [0.3, 0.4) is 0 Å². The molecule has 0 radical (unpaired) electrons. The van der Waals surface area contributed by atoms with Crippen LogP contribution in [0.25, 0.3) is 0 Å². The molecule has 1 aliphatic rings. The minimum Gasteiger partial charge on any atom is -0.396 e. The maximum Gasteiger partial charge on any atom is 0.236 e. The molecule has 1 atom stereocenters. The Hall–Kier alpha value is -0.0900. The molecule has 0 saturated carbocycles. The fourth-order valence-corrected chi connectivity index (χ4v) is 1.92. The summed E-state index contributed by atoms with van der Waals surface area (Å²) in [6, 6.07) is 0. The van der Waals surface area contributed by atoms with Gasteiger partial charge in [-0.2, -0.15) is 0 Å². The zero-order valence-electron chi connectivity index (χ0n) is 8.09. The molecule has 0 bridgehead atoms. The van der Waals surface area contributed by atoms with Gasteiger partial charge in [0.15, 0.2) is 0 Å². The van der Waals surface area contributed by atoms with Crippen LogP contribution in [-0.2, 0) is 4.79 Å². The van der Waals surface area contributed by atoms with E-state index in [-0.39, 0.29) is 22.8 Å². The standard InChI is InChI=1S/C9H16BrNO2/c1-9(2,6-12)5-11-4-3-7(10)8(11)13/h7,12H,3-6H2,1-2H3. The van der Waals surface area contributed by atoms with E-state index < -0.39 is 0 Å². The van der Waals surface area contributed by atoms with Crippen molar-refractivity contribution in [3.05, 3.63) is 0 Å². The molecule has 1 amide bonds. The van der Waals surface area contributed by atoms with E-state index >= 15 is 0 Å². The number of likely N-dealkylation sites (tertiary alicyclic amines) is 1. The number of nitrogens with zero attached hydrogens (tertiary/aromatic N) is 1. The summed E-state index contributed by atoms with van der Waals surface area (Å²) >= 11 is 3.32. The molecule has 1 aliphatic heterocycles. The van der Waals surface area contributed by atoms with E-state index in [1.807, 2.05) is 18.7 Å². The van der Waals surface area contributed by atoms with Gasteiger partial charge in [-0.25, -0.2) is 0 Å². The van der Waals surface area contributed by atoms with Gasteiger partial charge in [-0.15, -0.1) is 0 Å². The number of halogens is 1. The number of amides is 1. The Morgan fingerprint density at radius 2 is 2.31 bits per heavy atom. The largest absolute Gasteiger partial charge is 0.396 e. The number of alkyl halides is 1. The third kappa shape index (κ3) is 2.68. The third-order valence-electron chi connectivity index (χ3n) is 2.28. The summed E-state index contributed by atoms with van der Waals surface area (Å²) in [5.41, 5.74) is -0.188. The van der Waals surface area contributed by atoms with Crippen LogP contribution in [0.2, 0.25) is 0 Å². The molecule has 1 fully saturated rings. The summed E-state index contributed by atoms with van der Waals surface area (Å²) in [4.78, 5) is 13.3. The van der Waals surface area contributed by atoms with Crippen molar-refractivity contribution in [2.24, 2.45) is 5.41 Å². The smallest absolute Gasteiger partial charge is 0.236 e. The summed E-state index contributed by atoms with van der Waals surface area (Å²) in [7, 11) is 0. The van der Waals surface area contributed by atoms with Gasteiger partial charge in [0, 0.05) is 25.1 Å². The summed E-state index contributed by atoms with van der Waals surface area (Å²) in [6.07, 6.45) is 0.875. The Morgan fingerprint density at radius 1 is 1.69 bits per heavy atom. The van der Waals surface area contributed by atoms with Crippen molar-refractivity contribution in [1.82, 2.24) is 4.90 Å². The van der Waals surface area contributed by atoms with Crippen molar-refractivity contribution >= 4 is 21.8 Å². The monoisotopic (exact) mass is 249 g/mol. The zero-order valence-corrected chi connectivity index (χ0v) is 9.67. The Labute approximate surface area is 87.2 Å². The van der Waals surface area contributed by atoms with E-state index in [2.05, 4.69) is 15.9 Å². The SMILES string of the molecule is CC(C)(CO)CN1CCC(Br)C1=O. The van der Waals surface area contributed by atoms with Crippen LogP contribution in [0.15, 0.2) is 0 Å². The van der Waals surface area contributed by atoms with Gasteiger partial charge in [-0.05, 0) is 6.42 Å². The first-order valence-corrected chi connectivity index (χ1v) is 5.41. The van der Waals surface area contributed by atoms with Crippen LogP contribution in [0, 0.1) is 5.41 Å². The maximum atomic E-state index is 11.5. The molecule has 4 heteroatoms. The molecule has 0 aromatic heterocycles. The van der Waals surface area contributed by atoms with Crippen molar-refractivity contribution in [2.75, 3.05) is 19.7 Å². The van der Waals surface area contributed by atoms with Crippen LogP contribution in [0.5, 0.6) is 0 Å². The van der Waals surface area contributed by atoms with Gasteiger partial charge in [0.2, 0.25) is 5.91 Å². The molecule has 13 heavy (non-hydrogen) atoms. The highest BCUT2D eigenvalue weighted by Crippen LogP contribution is 2.23. The highest BCUT2D eigenvalue weighted by Gasteiger charge is 2.32. The third-order valence-corrected chi connectivity index (χ3v) is 3.13. The first kappa shape index (κ1) is 11.0. The van der Waals surface area contributed by atoms with Gasteiger partial charge in [0.1, 0.15) is 0 Å². The Balaban J connectivity index is 2.51. The number of rotatable bonds is 3. The molecule has 76 valence electrons. The summed E-state index contributed by atoms with van der Waals surface area (Å²) in [5, 5.41) is 9.06. The van der Waals surface area contributed by atoms with Crippen LogP contribution < -0.4 is 0 Å². The van der Waals surface area contributed by atoms with E-state index in [9.17, 15) is 4.79 Å². The minimum absolute atomic E-state index is 0.0120. The fraction of sp³-hybridized carbons (Fsp3) is 0.889. The van der Waals surface area contributed by atoms with E-state index in [0.717, 1.165) is 13.0 Å². The molecule has 1 heterocycles. The number of aliphatic hydroxyl groups excluding tert-OH is 1. The van der Waals surface area contributed by atoms with Crippen molar-refractivity contribution in [3.8, 4) is 0 Å². The molecule has 3 nitrogen and oxygen atoms in total. The van der Waals surface area contributed by atoms with E-state index in [4.69, 9.17) is 5.11 Å². The molecule has 1 saturated heterocycles. The molecular formula is C9H16BrNO2. The first-order chi connectivity index (χ1) is 5.96. The van der Waals surface area contributed by atoms with Crippen molar-refractivity contribution in [2.45, 2.75) is 25.1 Å². The van der Waals surface area contributed by atoms with Gasteiger partial charge in [-0.1, -0.05) is 29.8 Å². The van der Waals surface area contributed by atoms with Crippen molar-refractivity contribution in [1.29, 1.82) is 0 Å². The van der Waals surface area contributed by atoms with Crippen LogP contribution in [0.1, 0.15) is 20.3 Å². The van der Waals surface area contributed by atoms with Crippen LogP contribution in [-0.4, -0.2) is 40.4 Å². The Kier molecular flexibility index (Phi) is 3.35. The second-order valence-corrected chi connectivity index (χ2v) is 5.44. The predicted molar refractivity (Wildman–Crippen MR) is 54.8 cm³/mol. The number of hydrogen-bond acceptors (Lipinski definition) is 2. The number of hydrogen-bond donors (Lipinski definition) is 1. The lowest BCUT2D eigenvalue weighted by Gasteiger charge is -2.28. The molecule has 1 unspecified atom stereocenters. The van der Waals surface area contributed by atoms with Crippen molar-refractivity contribution in [3.63, 3.8) is 0 Å². The van der Waals surface area contributed by atoms with Gasteiger partial charge in [-0.3, -0.25) is 4.79 Å². The summed E-state index contributed by atoms with van der Waals surface area (Å²) in [6.45, 7) is 5.48. The number of aliphatic hydroxyl groups is 1. The van der Waals surface area contributed by atoms with Crippen LogP contribution >= 0.6 is 15.9 Å². The Bertz CT molecular complexity index is 206. The zero-order chi connectivity index (χ0) is 10.1. The normalized spacial score (nSPS) is 24.2. The van der Waals surface area contributed by atoms with Gasteiger partial charge >= 0.3 is 0 Å². The maximum absolute atomic E-state index is 11.5. The topological polar surface area (TPSA) is 40.5 Å². The number of carbonyl (C=O) groups excluding carboxylic acids is 1. The quantitative estimate of drug-likeness (QED) is 0.759. The lowest BCUT2D eigenvalue weighted by molar-refractivity contribution is -0.128. The molecule has 0 aromatic carbocycles. The molecule has 1 N–H and O–H groups in total. The average molecular weight is 250 g/mol. The first-order valence-electron chi connectivity index (χ1n) is 4.50. The van der Waals surface area contributed by atoms with Gasteiger partial charge < -0.3 is 10.0 Å². The molecule has 0 aliphatic carbocycles. The molecular weight excluding hydrogens is 234 g/mol. The molecule has 0 aromatic rings. The highest BCUT2D eigenvalue weighted by molar-refractivity contribution is 9.10. The second-order valence-electron chi connectivity index (χ2n) is 4.34. The van der Waals surface area contributed by atoms with E-state index in [1.165, 1.54) is 0 Å². The summed E-state index contributed by atoms with van der Waals surface area (Å²) in [5.74, 6) is 0.154. The lowest BCUT2D eigenvalue weighted by Crippen LogP contribution is -2.38. The lowest BCUT2D eigenvalue weighted by atomic mass is 9.94.